The summed E-state index contributed by atoms with van der Waals surface area (Å²) in [6.07, 6.45) is 2.84. The molecule has 1 atom stereocenters. The Hall–Kier alpha value is -0.220. The Morgan fingerprint density at radius 3 is 2.53 bits per heavy atom. The summed E-state index contributed by atoms with van der Waals surface area (Å²) < 4.78 is 5.09. The largest absolute Gasteiger partial charge is 0.465 e. The van der Waals surface area contributed by atoms with Crippen LogP contribution in [0.4, 0.5) is 0 Å². The first-order chi connectivity index (χ1) is 6.96. The Balaban J connectivity index is 4.45. The third-order valence-corrected chi connectivity index (χ3v) is 2.75. The van der Waals surface area contributed by atoms with E-state index in [9.17, 15) is 4.79 Å². The van der Waals surface area contributed by atoms with Gasteiger partial charge in [-0.25, -0.2) is 0 Å². The summed E-state index contributed by atoms with van der Waals surface area (Å²) in [5, 5.41) is 3.29. The molecule has 0 aromatic heterocycles. The predicted molar refractivity (Wildman–Crippen MR) is 66.3 cm³/mol. The van der Waals surface area contributed by atoms with Crippen LogP contribution in [0.2, 0.25) is 0 Å². The van der Waals surface area contributed by atoms with E-state index in [2.05, 4.69) is 5.32 Å². The second kappa shape index (κ2) is 7.12. The summed E-state index contributed by atoms with van der Waals surface area (Å²) in [5.41, 5.74) is -0.548. The van der Waals surface area contributed by atoms with Crippen molar-refractivity contribution in [1.82, 2.24) is 5.32 Å². The maximum Gasteiger partial charge on any atom is 0.326 e. The molecule has 0 aromatic carbocycles. The van der Waals surface area contributed by atoms with Gasteiger partial charge in [0.2, 0.25) is 0 Å². The number of thioether (sulfide) groups is 1. The standard InChI is InChI=1S/C11H23NO2S/c1-6-14-10(13)11(4,7-8-15-5)12-9(2)3/h9,12H,6-8H2,1-5H3. The van der Waals surface area contributed by atoms with Gasteiger partial charge < -0.3 is 4.74 Å². The van der Waals surface area contributed by atoms with Crippen LogP contribution in [0.1, 0.15) is 34.1 Å². The first-order valence-electron chi connectivity index (χ1n) is 5.40. The normalized spacial score (nSPS) is 15.1. The lowest BCUT2D eigenvalue weighted by molar-refractivity contribution is -0.150. The molecular formula is C11H23NO2S. The fourth-order valence-electron chi connectivity index (χ4n) is 1.47. The van der Waals surface area contributed by atoms with E-state index in [-0.39, 0.29) is 12.0 Å². The summed E-state index contributed by atoms with van der Waals surface area (Å²) in [7, 11) is 0. The molecule has 1 unspecified atom stereocenters. The Morgan fingerprint density at radius 2 is 2.13 bits per heavy atom. The van der Waals surface area contributed by atoms with Gasteiger partial charge in [-0.1, -0.05) is 0 Å². The lowest BCUT2D eigenvalue weighted by Gasteiger charge is -2.30. The first kappa shape index (κ1) is 14.8. The van der Waals surface area contributed by atoms with E-state index in [0.717, 1.165) is 12.2 Å². The smallest absolute Gasteiger partial charge is 0.326 e. The lowest BCUT2D eigenvalue weighted by atomic mass is 9.98. The number of hydrogen-bond donors (Lipinski definition) is 1. The molecule has 4 heteroatoms. The molecule has 0 aliphatic heterocycles. The Morgan fingerprint density at radius 1 is 1.53 bits per heavy atom. The number of esters is 1. The molecule has 0 spiro atoms. The summed E-state index contributed by atoms with van der Waals surface area (Å²) in [6, 6.07) is 0.279. The molecule has 0 heterocycles. The minimum absolute atomic E-state index is 0.146. The predicted octanol–water partition coefficient (Wildman–Crippen LogP) is 2.06. The number of carbonyl (C=O) groups excluding carboxylic acids is 1. The highest BCUT2D eigenvalue weighted by molar-refractivity contribution is 7.98. The third-order valence-electron chi connectivity index (χ3n) is 2.14. The molecule has 0 saturated heterocycles. The molecule has 0 amide bonds. The van der Waals surface area contributed by atoms with Gasteiger partial charge in [0, 0.05) is 6.04 Å². The summed E-state index contributed by atoms with van der Waals surface area (Å²) in [6.45, 7) is 8.27. The number of nitrogens with one attached hydrogen (secondary N) is 1. The second-order valence-corrected chi connectivity index (χ2v) is 5.08. The summed E-state index contributed by atoms with van der Waals surface area (Å²) in [4.78, 5) is 11.8. The van der Waals surface area contributed by atoms with Crippen molar-refractivity contribution in [2.45, 2.75) is 45.7 Å². The Kier molecular flexibility index (Phi) is 7.02. The van der Waals surface area contributed by atoms with Gasteiger partial charge in [-0.15, -0.1) is 0 Å². The van der Waals surface area contributed by atoms with Crippen LogP contribution in [0, 0.1) is 0 Å². The SMILES string of the molecule is CCOC(=O)C(C)(CCSC)NC(C)C. The van der Waals surface area contributed by atoms with E-state index in [4.69, 9.17) is 4.74 Å². The molecule has 1 N–H and O–H groups in total. The van der Waals surface area contributed by atoms with Crippen LogP contribution in [0.25, 0.3) is 0 Å². The minimum atomic E-state index is -0.548. The van der Waals surface area contributed by atoms with Gasteiger partial charge in [-0.3, -0.25) is 10.1 Å². The van der Waals surface area contributed by atoms with Crippen LogP contribution in [0.3, 0.4) is 0 Å². The minimum Gasteiger partial charge on any atom is -0.465 e. The molecule has 0 fully saturated rings. The molecule has 15 heavy (non-hydrogen) atoms. The van der Waals surface area contributed by atoms with Crippen LogP contribution < -0.4 is 5.32 Å². The Bertz CT molecular complexity index is 197. The second-order valence-electron chi connectivity index (χ2n) is 4.09. The van der Waals surface area contributed by atoms with Crippen molar-refractivity contribution in [1.29, 1.82) is 0 Å². The van der Waals surface area contributed by atoms with Crippen LogP contribution in [-0.2, 0) is 9.53 Å². The van der Waals surface area contributed by atoms with E-state index in [1.807, 2.05) is 34.0 Å². The Labute approximate surface area is 97.3 Å². The number of ether oxygens (including phenoxy) is 1. The molecule has 0 aliphatic carbocycles. The molecule has 0 rings (SSSR count). The average Bonchev–Trinajstić information content (AvgIpc) is 2.14. The highest BCUT2D eigenvalue weighted by Crippen LogP contribution is 2.16. The van der Waals surface area contributed by atoms with E-state index >= 15 is 0 Å². The zero-order chi connectivity index (χ0) is 11.9. The van der Waals surface area contributed by atoms with Crippen LogP contribution in [-0.4, -0.2) is 36.2 Å². The molecular weight excluding hydrogens is 210 g/mol. The number of hydrogen-bond acceptors (Lipinski definition) is 4. The van der Waals surface area contributed by atoms with Crippen molar-refractivity contribution in [2.24, 2.45) is 0 Å². The highest BCUT2D eigenvalue weighted by Gasteiger charge is 2.34. The van der Waals surface area contributed by atoms with Crippen LogP contribution >= 0.6 is 11.8 Å². The van der Waals surface area contributed by atoms with Crippen LogP contribution in [0.5, 0.6) is 0 Å². The maximum atomic E-state index is 11.8. The molecule has 3 nitrogen and oxygen atoms in total. The van der Waals surface area contributed by atoms with Gasteiger partial charge in [0.05, 0.1) is 6.61 Å². The zero-order valence-electron chi connectivity index (χ0n) is 10.4. The van der Waals surface area contributed by atoms with E-state index < -0.39 is 5.54 Å². The van der Waals surface area contributed by atoms with Crippen molar-refractivity contribution in [2.75, 3.05) is 18.6 Å². The number of carbonyl (C=O) groups is 1. The van der Waals surface area contributed by atoms with Crippen molar-refractivity contribution in [3.8, 4) is 0 Å². The maximum absolute atomic E-state index is 11.8. The van der Waals surface area contributed by atoms with Gasteiger partial charge >= 0.3 is 5.97 Å². The van der Waals surface area contributed by atoms with E-state index in [0.29, 0.717) is 6.61 Å². The van der Waals surface area contributed by atoms with Crippen molar-refractivity contribution in [3.05, 3.63) is 0 Å². The molecule has 0 aromatic rings. The zero-order valence-corrected chi connectivity index (χ0v) is 11.2. The van der Waals surface area contributed by atoms with Gasteiger partial charge in [0.15, 0.2) is 0 Å². The van der Waals surface area contributed by atoms with Crippen molar-refractivity contribution >= 4 is 17.7 Å². The molecule has 0 aliphatic rings. The summed E-state index contributed by atoms with van der Waals surface area (Å²) >= 11 is 1.74. The van der Waals surface area contributed by atoms with E-state index in [1.165, 1.54) is 0 Å². The summed E-state index contributed by atoms with van der Waals surface area (Å²) in [5.74, 6) is 0.808. The average molecular weight is 233 g/mol. The monoisotopic (exact) mass is 233 g/mol. The molecule has 0 radical (unpaired) electrons. The van der Waals surface area contributed by atoms with Gasteiger partial charge in [-0.2, -0.15) is 11.8 Å². The topological polar surface area (TPSA) is 38.3 Å². The molecule has 90 valence electrons. The lowest BCUT2D eigenvalue weighted by Crippen LogP contribution is -2.53. The van der Waals surface area contributed by atoms with Crippen LogP contribution in [0.15, 0.2) is 0 Å². The molecule has 0 saturated carbocycles. The van der Waals surface area contributed by atoms with Gasteiger partial charge in [0.1, 0.15) is 5.54 Å². The highest BCUT2D eigenvalue weighted by atomic mass is 32.2. The number of rotatable bonds is 7. The van der Waals surface area contributed by atoms with E-state index in [1.54, 1.807) is 11.8 Å². The molecule has 0 bridgehead atoms. The fraction of sp³-hybridized carbons (Fsp3) is 0.909. The first-order valence-corrected chi connectivity index (χ1v) is 6.79. The fourth-order valence-corrected chi connectivity index (χ4v) is 2.08. The quantitative estimate of drug-likeness (QED) is 0.683. The third kappa shape index (κ3) is 5.42. The van der Waals surface area contributed by atoms with Gasteiger partial charge in [-0.05, 0) is 46.1 Å². The van der Waals surface area contributed by atoms with Crippen molar-refractivity contribution in [3.63, 3.8) is 0 Å². The van der Waals surface area contributed by atoms with Crippen molar-refractivity contribution < 1.29 is 9.53 Å². The van der Waals surface area contributed by atoms with Gasteiger partial charge in [0.25, 0.3) is 0 Å².